The van der Waals surface area contributed by atoms with Crippen LogP contribution in [0, 0.1) is 0 Å². The normalized spacial score (nSPS) is 12.7. The molecule has 1 rings (SSSR count). The molecular formula is C11H17BrN2O2S. The van der Waals surface area contributed by atoms with Crippen molar-refractivity contribution in [1.29, 1.82) is 0 Å². The Morgan fingerprint density at radius 2 is 1.82 bits per heavy atom. The number of benzene rings is 1. The minimum atomic E-state index is -3.48. The van der Waals surface area contributed by atoms with Crippen LogP contribution in [0.4, 0.5) is 0 Å². The SMILES string of the molecule is CC(C)(C)NS(=O)(=O)NCc1ccccc1Br. The molecule has 0 spiro atoms. The van der Waals surface area contributed by atoms with Crippen molar-refractivity contribution in [3.8, 4) is 0 Å². The monoisotopic (exact) mass is 320 g/mol. The molecular weight excluding hydrogens is 304 g/mol. The minimum absolute atomic E-state index is 0.257. The first-order valence-electron chi connectivity index (χ1n) is 5.22. The van der Waals surface area contributed by atoms with Gasteiger partial charge in [0, 0.05) is 16.6 Å². The van der Waals surface area contributed by atoms with Crippen LogP contribution in [-0.4, -0.2) is 14.0 Å². The molecule has 0 radical (unpaired) electrons. The van der Waals surface area contributed by atoms with E-state index in [4.69, 9.17) is 0 Å². The van der Waals surface area contributed by atoms with Gasteiger partial charge in [-0.25, -0.2) is 0 Å². The van der Waals surface area contributed by atoms with E-state index in [2.05, 4.69) is 25.4 Å². The van der Waals surface area contributed by atoms with E-state index in [-0.39, 0.29) is 6.54 Å². The first kappa shape index (κ1) is 14.6. The fourth-order valence-corrected chi connectivity index (χ4v) is 2.90. The summed E-state index contributed by atoms with van der Waals surface area (Å²) in [5, 5.41) is 0. The zero-order valence-electron chi connectivity index (χ0n) is 10.1. The minimum Gasteiger partial charge on any atom is -0.198 e. The highest BCUT2D eigenvalue weighted by atomic mass is 79.9. The smallest absolute Gasteiger partial charge is 0.198 e. The van der Waals surface area contributed by atoms with Gasteiger partial charge in [0.15, 0.2) is 0 Å². The predicted octanol–water partition coefficient (Wildman–Crippen LogP) is 2.17. The topological polar surface area (TPSA) is 58.2 Å². The molecule has 6 heteroatoms. The molecule has 1 aromatic carbocycles. The van der Waals surface area contributed by atoms with E-state index in [0.717, 1.165) is 10.0 Å². The Labute approximate surface area is 111 Å². The molecule has 0 heterocycles. The van der Waals surface area contributed by atoms with E-state index in [9.17, 15) is 8.42 Å². The molecule has 0 saturated heterocycles. The predicted molar refractivity (Wildman–Crippen MR) is 72.8 cm³/mol. The van der Waals surface area contributed by atoms with E-state index in [1.54, 1.807) is 20.8 Å². The van der Waals surface area contributed by atoms with Gasteiger partial charge in [-0.1, -0.05) is 34.1 Å². The lowest BCUT2D eigenvalue weighted by atomic mass is 10.1. The molecule has 0 unspecified atom stereocenters. The van der Waals surface area contributed by atoms with E-state index < -0.39 is 15.7 Å². The zero-order valence-corrected chi connectivity index (χ0v) is 12.5. The van der Waals surface area contributed by atoms with Crippen LogP contribution in [0.25, 0.3) is 0 Å². The van der Waals surface area contributed by atoms with Crippen molar-refractivity contribution >= 4 is 26.1 Å². The summed E-state index contributed by atoms with van der Waals surface area (Å²) in [6.07, 6.45) is 0. The van der Waals surface area contributed by atoms with Crippen molar-refractivity contribution in [3.63, 3.8) is 0 Å². The van der Waals surface area contributed by atoms with Crippen LogP contribution < -0.4 is 9.44 Å². The molecule has 0 bridgehead atoms. The highest BCUT2D eigenvalue weighted by molar-refractivity contribution is 9.10. The third-order valence-electron chi connectivity index (χ3n) is 1.85. The molecule has 0 amide bonds. The van der Waals surface area contributed by atoms with Crippen LogP contribution in [0.1, 0.15) is 26.3 Å². The van der Waals surface area contributed by atoms with Gasteiger partial charge in [-0.05, 0) is 32.4 Å². The number of nitrogens with one attached hydrogen (secondary N) is 2. The van der Waals surface area contributed by atoms with Crippen LogP contribution in [0.15, 0.2) is 28.7 Å². The Balaban J connectivity index is 2.66. The number of rotatable bonds is 4. The van der Waals surface area contributed by atoms with Gasteiger partial charge in [0.25, 0.3) is 10.2 Å². The summed E-state index contributed by atoms with van der Waals surface area (Å²) >= 11 is 3.37. The van der Waals surface area contributed by atoms with E-state index in [1.807, 2.05) is 24.3 Å². The molecule has 96 valence electrons. The van der Waals surface area contributed by atoms with Gasteiger partial charge in [0.2, 0.25) is 0 Å². The van der Waals surface area contributed by atoms with Gasteiger partial charge in [0.05, 0.1) is 0 Å². The maximum absolute atomic E-state index is 11.7. The third-order valence-corrected chi connectivity index (χ3v) is 4.03. The number of hydrogen-bond donors (Lipinski definition) is 2. The van der Waals surface area contributed by atoms with E-state index in [1.165, 1.54) is 0 Å². The number of halogens is 1. The molecule has 0 atom stereocenters. The number of hydrogen-bond acceptors (Lipinski definition) is 2. The van der Waals surface area contributed by atoms with Crippen LogP contribution >= 0.6 is 15.9 Å². The van der Waals surface area contributed by atoms with Crippen LogP contribution in [0.2, 0.25) is 0 Å². The van der Waals surface area contributed by atoms with Crippen molar-refractivity contribution in [2.45, 2.75) is 32.9 Å². The summed E-state index contributed by atoms with van der Waals surface area (Å²) < 4.78 is 29.3. The standard InChI is InChI=1S/C11H17BrN2O2S/c1-11(2,3)14-17(15,16)13-8-9-6-4-5-7-10(9)12/h4-7,13-14H,8H2,1-3H3. The summed E-state index contributed by atoms with van der Waals surface area (Å²) in [4.78, 5) is 0. The van der Waals surface area contributed by atoms with Crippen LogP contribution in [0.5, 0.6) is 0 Å². The Kier molecular flexibility index (Phi) is 4.71. The molecule has 0 saturated carbocycles. The van der Waals surface area contributed by atoms with Crippen molar-refractivity contribution in [2.75, 3.05) is 0 Å². The first-order chi connectivity index (χ1) is 7.70. The quantitative estimate of drug-likeness (QED) is 0.893. The van der Waals surface area contributed by atoms with Gasteiger partial charge in [-0.15, -0.1) is 0 Å². The first-order valence-corrected chi connectivity index (χ1v) is 7.49. The van der Waals surface area contributed by atoms with Crippen LogP contribution in [-0.2, 0) is 16.8 Å². The molecule has 17 heavy (non-hydrogen) atoms. The van der Waals surface area contributed by atoms with Crippen molar-refractivity contribution in [2.24, 2.45) is 0 Å². The molecule has 4 nitrogen and oxygen atoms in total. The van der Waals surface area contributed by atoms with Gasteiger partial charge >= 0.3 is 0 Å². The molecule has 1 aromatic rings. The lowest BCUT2D eigenvalue weighted by molar-refractivity contribution is 0.483. The Bertz CT molecular complexity index is 480. The molecule has 0 aliphatic heterocycles. The fraction of sp³-hybridized carbons (Fsp3) is 0.455. The van der Waals surface area contributed by atoms with Crippen molar-refractivity contribution in [1.82, 2.24) is 9.44 Å². The second-order valence-corrected chi connectivity index (χ2v) is 7.12. The Hall–Kier alpha value is -0.430. The van der Waals surface area contributed by atoms with Crippen molar-refractivity contribution in [3.05, 3.63) is 34.3 Å². The van der Waals surface area contributed by atoms with Crippen LogP contribution in [0.3, 0.4) is 0 Å². The fourth-order valence-electron chi connectivity index (χ4n) is 1.25. The van der Waals surface area contributed by atoms with Gasteiger partial charge in [0.1, 0.15) is 0 Å². The van der Waals surface area contributed by atoms with Crippen molar-refractivity contribution < 1.29 is 8.42 Å². The second kappa shape index (κ2) is 5.48. The Morgan fingerprint density at radius 3 is 2.35 bits per heavy atom. The highest BCUT2D eigenvalue weighted by Gasteiger charge is 2.19. The largest absolute Gasteiger partial charge is 0.277 e. The van der Waals surface area contributed by atoms with E-state index >= 15 is 0 Å². The molecule has 0 fully saturated rings. The zero-order chi connectivity index (χ0) is 13.1. The maximum atomic E-state index is 11.7. The average molecular weight is 321 g/mol. The van der Waals surface area contributed by atoms with Gasteiger partial charge in [-0.3, -0.25) is 0 Å². The molecule has 0 aliphatic rings. The lowest BCUT2D eigenvalue weighted by Gasteiger charge is -2.20. The maximum Gasteiger partial charge on any atom is 0.277 e. The summed E-state index contributed by atoms with van der Waals surface area (Å²) in [6, 6.07) is 7.49. The average Bonchev–Trinajstić information content (AvgIpc) is 2.13. The Morgan fingerprint density at radius 1 is 1.24 bits per heavy atom. The summed E-state index contributed by atoms with van der Waals surface area (Å²) in [5.41, 5.74) is 0.409. The van der Waals surface area contributed by atoms with Gasteiger partial charge < -0.3 is 0 Å². The third kappa shape index (κ3) is 5.63. The highest BCUT2D eigenvalue weighted by Crippen LogP contribution is 2.15. The summed E-state index contributed by atoms with van der Waals surface area (Å²) in [5.74, 6) is 0. The molecule has 2 N–H and O–H groups in total. The molecule has 0 aromatic heterocycles. The summed E-state index contributed by atoms with van der Waals surface area (Å²) in [7, 11) is -3.48. The molecule has 0 aliphatic carbocycles. The lowest BCUT2D eigenvalue weighted by Crippen LogP contribution is -2.46. The van der Waals surface area contributed by atoms with E-state index in [0.29, 0.717) is 0 Å². The second-order valence-electron chi connectivity index (χ2n) is 4.77. The summed E-state index contributed by atoms with van der Waals surface area (Å²) in [6.45, 7) is 5.65. The van der Waals surface area contributed by atoms with Gasteiger partial charge in [-0.2, -0.15) is 17.9 Å².